The van der Waals surface area contributed by atoms with Gasteiger partial charge in [0.2, 0.25) is 0 Å². The summed E-state index contributed by atoms with van der Waals surface area (Å²) in [4.78, 5) is 11.2. The number of carbonyl (C=O) groups is 1. The average Bonchev–Trinajstić information content (AvgIpc) is 2.16. The van der Waals surface area contributed by atoms with Crippen LogP contribution >= 0.6 is 28.1 Å². The second-order valence-electron chi connectivity index (χ2n) is 2.44. The highest BCUT2D eigenvalue weighted by Crippen LogP contribution is 2.15. The normalized spacial score (nSPS) is 9.29. The number of hydrogen-bond acceptors (Lipinski definition) is 3. The van der Waals surface area contributed by atoms with Crippen LogP contribution in [-0.4, -0.2) is 10.9 Å². The Morgan fingerprint density at radius 2 is 2.21 bits per heavy atom. The maximum atomic E-state index is 11.2. The van der Waals surface area contributed by atoms with E-state index in [0.717, 1.165) is 4.47 Å². The van der Waals surface area contributed by atoms with Gasteiger partial charge in [0.1, 0.15) is 0 Å². The molecule has 0 aliphatic rings. The van der Waals surface area contributed by atoms with Crippen molar-refractivity contribution in [1.29, 1.82) is 0 Å². The van der Waals surface area contributed by atoms with Gasteiger partial charge in [0.05, 0.1) is 0 Å². The Morgan fingerprint density at radius 3 is 2.79 bits per heavy atom. The number of anilines is 1. The van der Waals surface area contributed by atoms with Gasteiger partial charge in [0.25, 0.3) is 5.91 Å². The minimum Gasteiger partial charge on any atom is -0.320 e. The van der Waals surface area contributed by atoms with Crippen LogP contribution in [0.15, 0.2) is 28.7 Å². The summed E-state index contributed by atoms with van der Waals surface area (Å²) >= 11 is 7.93. The molecule has 0 saturated heterocycles. The van der Waals surface area contributed by atoms with E-state index in [9.17, 15) is 4.79 Å². The van der Waals surface area contributed by atoms with E-state index in [1.54, 1.807) is 18.2 Å². The van der Waals surface area contributed by atoms with Gasteiger partial charge < -0.3 is 10.7 Å². The average molecular weight is 274 g/mol. The summed E-state index contributed by atoms with van der Waals surface area (Å²) in [6.45, 7) is 0. The molecule has 0 radical (unpaired) electrons. The van der Waals surface area contributed by atoms with Gasteiger partial charge in [-0.05, 0) is 18.2 Å². The molecule has 1 rings (SSSR count). The highest BCUT2D eigenvalue weighted by atomic mass is 79.9. The van der Waals surface area contributed by atoms with Gasteiger partial charge in [-0.3, -0.25) is 4.79 Å². The maximum absolute atomic E-state index is 11.2. The Hall–Kier alpha value is -0.980. The summed E-state index contributed by atoms with van der Waals surface area (Å²) in [6, 6.07) is 7.17. The summed E-state index contributed by atoms with van der Waals surface area (Å²) in [5.41, 5.74) is 2.76. The molecule has 0 aliphatic heterocycles. The monoisotopic (exact) mass is 273 g/mol. The van der Waals surface area contributed by atoms with Crippen molar-refractivity contribution < 1.29 is 4.79 Å². The summed E-state index contributed by atoms with van der Waals surface area (Å²) in [6.07, 6.45) is 0. The molecule has 14 heavy (non-hydrogen) atoms. The molecule has 4 nitrogen and oxygen atoms in total. The SMILES string of the molecule is NNC(=S)C(=O)Nc1cccc(Br)c1. The number of hydrazine groups is 1. The predicted molar refractivity (Wildman–Crippen MR) is 62.7 cm³/mol. The quantitative estimate of drug-likeness (QED) is 0.408. The molecule has 0 aliphatic carbocycles. The van der Waals surface area contributed by atoms with Gasteiger partial charge in [-0.15, -0.1) is 0 Å². The van der Waals surface area contributed by atoms with Crippen LogP contribution in [0.5, 0.6) is 0 Å². The zero-order valence-corrected chi connectivity index (χ0v) is 9.48. The predicted octanol–water partition coefficient (Wildman–Crippen LogP) is 1.18. The number of nitrogens with one attached hydrogen (secondary N) is 2. The fraction of sp³-hybridized carbons (Fsp3) is 0. The smallest absolute Gasteiger partial charge is 0.284 e. The Morgan fingerprint density at radius 1 is 1.50 bits per heavy atom. The van der Waals surface area contributed by atoms with E-state index in [4.69, 9.17) is 5.84 Å². The standard InChI is InChI=1S/C8H8BrN3OS/c9-5-2-1-3-6(4-5)11-7(13)8(14)12-10/h1-4H,10H2,(H,11,13)(H,12,14). The number of amides is 1. The number of thiocarbonyl (C=S) groups is 1. The molecule has 1 aromatic carbocycles. The summed E-state index contributed by atoms with van der Waals surface area (Å²) in [5.74, 6) is 4.57. The third-order valence-corrected chi connectivity index (χ3v) is 2.22. The first-order valence-corrected chi connectivity index (χ1v) is 4.91. The molecule has 0 saturated carbocycles. The molecular weight excluding hydrogens is 266 g/mol. The number of benzene rings is 1. The Balaban J connectivity index is 2.70. The molecule has 0 unspecified atom stereocenters. The van der Waals surface area contributed by atoms with Crippen molar-refractivity contribution in [2.45, 2.75) is 0 Å². The summed E-state index contributed by atoms with van der Waals surface area (Å²) in [5, 5.41) is 2.58. The van der Waals surface area contributed by atoms with Crippen molar-refractivity contribution in [2.24, 2.45) is 5.84 Å². The van der Waals surface area contributed by atoms with Crippen LogP contribution in [0.4, 0.5) is 5.69 Å². The molecule has 0 bridgehead atoms. The number of carbonyl (C=O) groups excluding carboxylic acids is 1. The fourth-order valence-electron chi connectivity index (χ4n) is 0.820. The van der Waals surface area contributed by atoms with Crippen LogP contribution < -0.4 is 16.6 Å². The summed E-state index contributed by atoms with van der Waals surface area (Å²) < 4.78 is 0.877. The lowest BCUT2D eigenvalue weighted by Gasteiger charge is -2.05. The third-order valence-electron chi connectivity index (χ3n) is 1.42. The molecule has 1 aromatic rings. The second-order valence-corrected chi connectivity index (χ2v) is 3.76. The van der Waals surface area contributed by atoms with E-state index in [-0.39, 0.29) is 4.99 Å². The first kappa shape index (κ1) is 11.1. The Bertz CT molecular complexity index is 369. The van der Waals surface area contributed by atoms with Crippen LogP contribution in [0.3, 0.4) is 0 Å². The number of halogens is 1. The maximum Gasteiger partial charge on any atom is 0.284 e. The largest absolute Gasteiger partial charge is 0.320 e. The number of rotatable bonds is 1. The van der Waals surface area contributed by atoms with E-state index in [2.05, 4.69) is 38.9 Å². The molecule has 0 aromatic heterocycles. The van der Waals surface area contributed by atoms with Gasteiger partial charge in [-0.2, -0.15) is 0 Å². The molecule has 1 amide bonds. The van der Waals surface area contributed by atoms with E-state index in [1.807, 2.05) is 6.07 Å². The number of nitrogens with two attached hydrogens (primary N) is 1. The molecule has 0 heterocycles. The zero-order valence-electron chi connectivity index (χ0n) is 7.08. The lowest BCUT2D eigenvalue weighted by molar-refractivity contribution is -0.110. The van der Waals surface area contributed by atoms with E-state index >= 15 is 0 Å². The molecule has 0 fully saturated rings. The van der Waals surface area contributed by atoms with Crippen LogP contribution in [0, 0.1) is 0 Å². The second kappa shape index (κ2) is 5.04. The van der Waals surface area contributed by atoms with Crippen molar-refractivity contribution in [1.82, 2.24) is 5.43 Å². The van der Waals surface area contributed by atoms with Crippen molar-refractivity contribution in [2.75, 3.05) is 5.32 Å². The minimum atomic E-state index is -0.430. The lowest BCUT2D eigenvalue weighted by atomic mass is 10.3. The first-order chi connectivity index (χ1) is 6.63. The number of hydrogen-bond donors (Lipinski definition) is 3. The van der Waals surface area contributed by atoms with Crippen LogP contribution in [-0.2, 0) is 4.79 Å². The molecule has 6 heteroatoms. The Labute approximate surface area is 95.0 Å². The lowest BCUT2D eigenvalue weighted by Crippen LogP contribution is -2.38. The van der Waals surface area contributed by atoms with Crippen LogP contribution in [0.25, 0.3) is 0 Å². The highest BCUT2D eigenvalue weighted by molar-refractivity contribution is 9.10. The molecule has 0 spiro atoms. The zero-order chi connectivity index (χ0) is 10.6. The van der Waals surface area contributed by atoms with Crippen molar-refractivity contribution in [3.05, 3.63) is 28.7 Å². The Kier molecular flexibility index (Phi) is 3.99. The third kappa shape index (κ3) is 3.06. The van der Waals surface area contributed by atoms with Crippen LogP contribution in [0.1, 0.15) is 0 Å². The first-order valence-electron chi connectivity index (χ1n) is 3.71. The molecular formula is C8H8BrN3OS. The summed E-state index contributed by atoms with van der Waals surface area (Å²) in [7, 11) is 0. The van der Waals surface area contributed by atoms with E-state index < -0.39 is 5.91 Å². The highest BCUT2D eigenvalue weighted by Gasteiger charge is 2.06. The van der Waals surface area contributed by atoms with Crippen molar-refractivity contribution in [3.63, 3.8) is 0 Å². The van der Waals surface area contributed by atoms with Crippen molar-refractivity contribution in [3.8, 4) is 0 Å². The van der Waals surface area contributed by atoms with Gasteiger partial charge in [-0.1, -0.05) is 34.2 Å². The van der Waals surface area contributed by atoms with Gasteiger partial charge >= 0.3 is 0 Å². The van der Waals surface area contributed by atoms with Crippen LogP contribution in [0.2, 0.25) is 0 Å². The molecule has 74 valence electrons. The molecule has 4 N–H and O–H groups in total. The van der Waals surface area contributed by atoms with E-state index in [1.165, 1.54) is 0 Å². The minimum absolute atomic E-state index is 0.0509. The van der Waals surface area contributed by atoms with Gasteiger partial charge in [-0.25, -0.2) is 5.84 Å². The van der Waals surface area contributed by atoms with Gasteiger partial charge in [0.15, 0.2) is 4.99 Å². The molecule has 0 atom stereocenters. The fourth-order valence-corrected chi connectivity index (χ4v) is 1.27. The topological polar surface area (TPSA) is 67.1 Å². The van der Waals surface area contributed by atoms with E-state index in [0.29, 0.717) is 5.69 Å². The van der Waals surface area contributed by atoms with Gasteiger partial charge in [0, 0.05) is 10.2 Å². The van der Waals surface area contributed by atoms with Crippen molar-refractivity contribution >= 4 is 44.7 Å².